The first-order valence-corrected chi connectivity index (χ1v) is 8.15. The SMILES string of the molecule is CCN(Cc1cccc(F)c1)C(=O)c1nc(-c2ccccc2)oc1C. The molecular formula is C20H19FN2O2. The van der Waals surface area contributed by atoms with E-state index >= 15 is 0 Å². The van der Waals surface area contributed by atoms with E-state index in [4.69, 9.17) is 4.42 Å². The fraction of sp³-hybridized carbons (Fsp3) is 0.200. The van der Waals surface area contributed by atoms with Crippen LogP contribution in [-0.2, 0) is 6.54 Å². The summed E-state index contributed by atoms with van der Waals surface area (Å²) in [5.74, 6) is 0.352. The molecule has 0 spiro atoms. The van der Waals surface area contributed by atoms with Crippen molar-refractivity contribution < 1.29 is 13.6 Å². The van der Waals surface area contributed by atoms with Gasteiger partial charge in [-0.2, -0.15) is 0 Å². The van der Waals surface area contributed by atoms with Crippen molar-refractivity contribution in [2.24, 2.45) is 0 Å². The van der Waals surface area contributed by atoms with Crippen molar-refractivity contribution in [1.29, 1.82) is 0 Å². The van der Waals surface area contributed by atoms with Crippen LogP contribution in [0.15, 0.2) is 59.0 Å². The zero-order valence-electron chi connectivity index (χ0n) is 14.2. The lowest BCUT2D eigenvalue weighted by molar-refractivity contribution is 0.0745. The van der Waals surface area contributed by atoms with Crippen LogP contribution in [0.2, 0.25) is 0 Å². The number of oxazole rings is 1. The van der Waals surface area contributed by atoms with Gasteiger partial charge in [0, 0.05) is 18.7 Å². The molecule has 0 aliphatic rings. The molecule has 0 aliphatic carbocycles. The molecule has 25 heavy (non-hydrogen) atoms. The quantitative estimate of drug-likeness (QED) is 0.690. The summed E-state index contributed by atoms with van der Waals surface area (Å²) < 4.78 is 19.0. The van der Waals surface area contributed by atoms with Crippen molar-refractivity contribution >= 4 is 5.91 Å². The molecule has 3 aromatic rings. The molecule has 0 unspecified atom stereocenters. The predicted molar refractivity (Wildman–Crippen MR) is 93.5 cm³/mol. The Kier molecular flexibility index (Phi) is 4.93. The number of benzene rings is 2. The topological polar surface area (TPSA) is 46.3 Å². The van der Waals surface area contributed by atoms with Crippen molar-refractivity contribution in [2.75, 3.05) is 6.54 Å². The Morgan fingerprint density at radius 1 is 1.16 bits per heavy atom. The van der Waals surface area contributed by atoms with Crippen LogP contribution in [0.4, 0.5) is 4.39 Å². The highest BCUT2D eigenvalue weighted by Gasteiger charge is 2.22. The fourth-order valence-electron chi connectivity index (χ4n) is 2.63. The number of carbonyl (C=O) groups is 1. The Morgan fingerprint density at radius 2 is 1.92 bits per heavy atom. The van der Waals surface area contributed by atoms with E-state index in [1.54, 1.807) is 24.0 Å². The summed E-state index contributed by atoms with van der Waals surface area (Å²) in [5, 5.41) is 0. The van der Waals surface area contributed by atoms with Crippen LogP contribution in [0.5, 0.6) is 0 Å². The second-order valence-electron chi connectivity index (χ2n) is 5.74. The van der Waals surface area contributed by atoms with E-state index in [1.165, 1.54) is 12.1 Å². The Balaban J connectivity index is 1.85. The Hall–Kier alpha value is -2.95. The van der Waals surface area contributed by atoms with Gasteiger partial charge in [0.25, 0.3) is 5.91 Å². The second kappa shape index (κ2) is 7.30. The monoisotopic (exact) mass is 338 g/mol. The molecule has 3 rings (SSSR count). The lowest BCUT2D eigenvalue weighted by atomic mass is 10.2. The summed E-state index contributed by atoms with van der Waals surface area (Å²) in [6, 6.07) is 15.7. The molecule has 0 bridgehead atoms. The molecule has 0 saturated heterocycles. The number of nitrogens with zero attached hydrogens (tertiary/aromatic N) is 2. The molecule has 0 N–H and O–H groups in total. The summed E-state index contributed by atoms with van der Waals surface area (Å²) in [6.07, 6.45) is 0. The lowest BCUT2D eigenvalue weighted by Crippen LogP contribution is -2.31. The minimum Gasteiger partial charge on any atom is -0.441 e. The van der Waals surface area contributed by atoms with Gasteiger partial charge in [-0.05, 0) is 43.7 Å². The van der Waals surface area contributed by atoms with Gasteiger partial charge in [0.1, 0.15) is 11.6 Å². The van der Waals surface area contributed by atoms with E-state index in [2.05, 4.69) is 4.98 Å². The zero-order valence-corrected chi connectivity index (χ0v) is 14.2. The Labute approximate surface area is 145 Å². The van der Waals surface area contributed by atoms with Gasteiger partial charge < -0.3 is 9.32 Å². The minimum atomic E-state index is -0.315. The Bertz CT molecular complexity index is 874. The normalized spacial score (nSPS) is 10.7. The first kappa shape index (κ1) is 16.9. The molecule has 4 nitrogen and oxygen atoms in total. The summed E-state index contributed by atoms with van der Waals surface area (Å²) in [6.45, 7) is 4.41. The number of carbonyl (C=O) groups excluding carboxylic acids is 1. The van der Waals surface area contributed by atoms with E-state index in [1.807, 2.05) is 37.3 Å². The highest BCUT2D eigenvalue weighted by Crippen LogP contribution is 2.22. The molecule has 0 atom stereocenters. The van der Waals surface area contributed by atoms with Crippen molar-refractivity contribution in [3.8, 4) is 11.5 Å². The number of aryl methyl sites for hydroxylation is 1. The fourth-order valence-corrected chi connectivity index (χ4v) is 2.63. The maximum Gasteiger partial charge on any atom is 0.276 e. The number of amides is 1. The van der Waals surface area contributed by atoms with E-state index in [0.717, 1.165) is 11.1 Å². The molecule has 1 amide bonds. The number of hydrogen-bond donors (Lipinski definition) is 0. The summed E-state index contributed by atoms with van der Waals surface area (Å²) >= 11 is 0. The first-order chi connectivity index (χ1) is 12.1. The van der Waals surface area contributed by atoms with Crippen LogP contribution in [-0.4, -0.2) is 22.3 Å². The third kappa shape index (κ3) is 3.76. The van der Waals surface area contributed by atoms with E-state index in [9.17, 15) is 9.18 Å². The molecule has 1 heterocycles. The van der Waals surface area contributed by atoms with Crippen LogP contribution in [0.25, 0.3) is 11.5 Å². The van der Waals surface area contributed by atoms with Gasteiger partial charge in [0.2, 0.25) is 5.89 Å². The first-order valence-electron chi connectivity index (χ1n) is 8.15. The maximum atomic E-state index is 13.4. The number of hydrogen-bond acceptors (Lipinski definition) is 3. The van der Waals surface area contributed by atoms with Crippen molar-refractivity contribution in [2.45, 2.75) is 20.4 Å². The summed E-state index contributed by atoms with van der Waals surface area (Å²) in [7, 11) is 0. The third-order valence-electron chi connectivity index (χ3n) is 3.95. The predicted octanol–water partition coefficient (Wildman–Crippen LogP) is 4.45. The molecule has 128 valence electrons. The van der Waals surface area contributed by atoms with E-state index < -0.39 is 0 Å². The van der Waals surface area contributed by atoms with Crippen molar-refractivity contribution in [1.82, 2.24) is 9.88 Å². The highest BCUT2D eigenvalue weighted by molar-refractivity contribution is 5.93. The Morgan fingerprint density at radius 3 is 2.60 bits per heavy atom. The van der Waals surface area contributed by atoms with E-state index in [0.29, 0.717) is 24.7 Å². The van der Waals surface area contributed by atoms with Gasteiger partial charge in [-0.1, -0.05) is 30.3 Å². The third-order valence-corrected chi connectivity index (χ3v) is 3.95. The molecular weight excluding hydrogens is 319 g/mol. The highest BCUT2D eigenvalue weighted by atomic mass is 19.1. The summed E-state index contributed by atoms with van der Waals surface area (Å²) in [4.78, 5) is 18.8. The van der Waals surface area contributed by atoms with Gasteiger partial charge in [0.15, 0.2) is 5.69 Å². The van der Waals surface area contributed by atoms with Crippen molar-refractivity contribution in [3.63, 3.8) is 0 Å². The molecule has 0 fully saturated rings. The van der Waals surface area contributed by atoms with Crippen LogP contribution < -0.4 is 0 Å². The zero-order chi connectivity index (χ0) is 17.8. The molecule has 1 aromatic heterocycles. The maximum absolute atomic E-state index is 13.4. The molecule has 0 saturated carbocycles. The average Bonchev–Trinajstić information content (AvgIpc) is 3.02. The van der Waals surface area contributed by atoms with Crippen LogP contribution in [0, 0.1) is 12.7 Å². The van der Waals surface area contributed by atoms with E-state index in [-0.39, 0.29) is 17.4 Å². The molecule has 5 heteroatoms. The van der Waals surface area contributed by atoms with Crippen molar-refractivity contribution in [3.05, 3.63) is 77.4 Å². The van der Waals surface area contributed by atoms with Gasteiger partial charge in [-0.15, -0.1) is 0 Å². The summed E-state index contributed by atoms with van der Waals surface area (Å²) in [5.41, 5.74) is 1.84. The molecule has 2 aromatic carbocycles. The number of rotatable bonds is 5. The van der Waals surface area contributed by atoms with Crippen LogP contribution in [0.1, 0.15) is 28.7 Å². The van der Waals surface area contributed by atoms with Crippen LogP contribution >= 0.6 is 0 Å². The van der Waals surface area contributed by atoms with Gasteiger partial charge in [-0.3, -0.25) is 4.79 Å². The minimum absolute atomic E-state index is 0.227. The lowest BCUT2D eigenvalue weighted by Gasteiger charge is -2.20. The van der Waals surface area contributed by atoms with Gasteiger partial charge in [0.05, 0.1) is 0 Å². The largest absolute Gasteiger partial charge is 0.441 e. The number of aromatic nitrogens is 1. The van der Waals surface area contributed by atoms with Crippen LogP contribution in [0.3, 0.4) is 0 Å². The van der Waals surface area contributed by atoms with Gasteiger partial charge >= 0.3 is 0 Å². The average molecular weight is 338 g/mol. The standard InChI is InChI=1S/C20H19FN2O2/c1-3-23(13-15-8-7-11-17(21)12-15)20(24)18-14(2)25-19(22-18)16-9-5-4-6-10-16/h4-12H,3,13H2,1-2H3. The van der Waals surface area contributed by atoms with Gasteiger partial charge in [-0.25, -0.2) is 9.37 Å². The molecule has 0 radical (unpaired) electrons. The smallest absolute Gasteiger partial charge is 0.276 e. The molecule has 0 aliphatic heterocycles. The second-order valence-corrected chi connectivity index (χ2v) is 5.74. The number of halogens is 1.